The van der Waals surface area contributed by atoms with E-state index < -0.39 is 0 Å². The number of hydrogen-bond acceptors (Lipinski definition) is 4. The van der Waals surface area contributed by atoms with E-state index in [0.29, 0.717) is 14.4 Å². The van der Waals surface area contributed by atoms with Gasteiger partial charge in [0.2, 0.25) is 5.28 Å². The third-order valence-corrected chi connectivity index (χ3v) is 5.03. The zero-order valence-electron chi connectivity index (χ0n) is 12.0. The first-order valence-electron chi connectivity index (χ1n) is 6.61. The van der Waals surface area contributed by atoms with Crippen LogP contribution in [0.3, 0.4) is 0 Å². The van der Waals surface area contributed by atoms with Crippen LogP contribution >= 0.6 is 36.1 Å². The zero-order valence-corrected chi connectivity index (χ0v) is 15.3. The number of halogens is 2. The number of rotatable bonds is 3. The maximum Gasteiger partial charge on any atom is 0.224 e. The first kappa shape index (κ1) is 15.6. The zero-order chi connectivity index (χ0) is 15.7. The maximum atomic E-state index is 5.88. The summed E-state index contributed by atoms with van der Waals surface area (Å²) in [5.74, 6) is 0.652. The van der Waals surface area contributed by atoms with Crippen LogP contribution in [0.2, 0.25) is 5.28 Å². The predicted octanol–water partition coefficient (Wildman–Crippen LogP) is 4.43. The highest BCUT2D eigenvalue weighted by Crippen LogP contribution is 2.28. The van der Waals surface area contributed by atoms with Crippen molar-refractivity contribution < 1.29 is 0 Å². The van der Waals surface area contributed by atoms with E-state index in [1.807, 2.05) is 25.1 Å². The molecule has 2 aromatic heterocycles. The summed E-state index contributed by atoms with van der Waals surface area (Å²) in [6.45, 7) is 4.15. The van der Waals surface area contributed by atoms with Crippen LogP contribution in [0, 0.1) is 6.92 Å². The molecule has 0 saturated carbocycles. The fourth-order valence-electron chi connectivity index (χ4n) is 2.24. The molecule has 1 atom stereocenters. The monoisotopic (exact) mass is 394 g/mol. The van der Waals surface area contributed by atoms with E-state index in [2.05, 4.69) is 48.9 Å². The van der Waals surface area contributed by atoms with E-state index in [-0.39, 0.29) is 5.28 Å². The van der Waals surface area contributed by atoms with Gasteiger partial charge in [-0.05, 0) is 59.3 Å². The smallest absolute Gasteiger partial charge is 0.224 e. The number of nitrogens with one attached hydrogen (secondary N) is 1. The minimum atomic E-state index is 0.212. The lowest BCUT2D eigenvalue weighted by molar-refractivity contribution is 1.15. The van der Waals surface area contributed by atoms with Crippen LogP contribution in [0.5, 0.6) is 0 Å². The van der Waals surface area contributed by atoms with E-state index in [1.165, 1.54) is 5.30 Å². The summed E-state index contributed by atoms with van der Waals surface area (Å²) in [5, 5.41) is 5.94. The SMILES string of the molecule is CPc1c(Nc2nc(Cl)ncc2Br)ccc2nc(C)ccc12. The average molecular weight is 396 g/mol. The minimum absolute atomic E-state index is 0.212. The summed E-state index contributed by atoms with van der Waals surface area (Å²) >= 11 is 9.32. The summed E-state index contributed by atoms with van der Waals surface area (Å²) in [4.78, 5) is 12.7. The van der Waals surface area contributed by atoms with Crippen molar-refractivity contribution in [2.75, 3.05) is 12.0 Å². The molecule has 0 aliphatic carbocycles. The Morgan fingerprint density at radius 3 is 2.77 bits per heavy atom. The number of fused-ring (bicyclic) bond motifs is 1. The van der Waals surface area contributed by atoms with Gasteiger partial charge in [-0.3, -0.25) is 4.98 Å². The van der Waals surface area contributed by atoms with E-state index in [1.54, 1.807) is 6.20 Å². The summed E-state index contributed by atoms with van der Waals surface area (Å²) in [6.07, 6.45) is 1.64. The van der Waals surface area contributed by atoms with Crippen molar-refractivity contribution >= 4 is 63.8 Å². The van der Waals surface area contributed by atoms with Crippen molar-refractivity contribution in [2.24, 2.45) is 0 Å². The third-order valence-electron chi connectivity index (χ3n) is 3.23. The molecule has 0 amide bonds. The lowest BCUT2D eigenvalue weighted by atomic mass is 10.2. The van der Waals surface area contributed by atoms with Crippen LogP contribution in [0.1, 0.15) is 5.69 Å². The highest BCUT2D eigenvalue weighted by molar-refractivity contribution is 9.10. The quantitative estimate of drug-likeness (QED) is 0.527. The summed E-state index contributed by atoms with van der Waals surface area (Å²) in [7, 11) is 0.631. The van der Waals surface area contributed by atoms with Gasteiger partial charge in [0, 0.05) is 28.3 Å². The van der Waals surface area contributed by atoms with Crippen molar-refractivity contribution in [3.05, 3.63) is 45.9 Å². The molecule has 1 N–H and O–H groups in total. The molecule has 1 unspecified atom stereocenters. The Labute approximate surface area is 143 Å². The van der Waals surface area contributed by atoms with E-state index in [4.69, 9.17) is 11.6 Å². The molecular weight excluding hydrogens is 383 g/mol. The fraction of sp³-hybridized carbons (Fsp3) is 0.133. The summed E-state index contributed by atoms with van der Waals surface area (Å²) in [6, 6.07) is 8.21. The molecule has 0 radical (unpaired) electrons. The van der Waals surface area contributed by atoms with Gasteiger partial charge in [-0.25, -0.2) is 4.98 Å². The third kappa shape index (κ3) is 3.07. The predicted molar refractivity (Wildman–Crippen MR) is 98.4 cm³/mol. The van der Waals surface area contributed by atoms with E-state index >= 15 is 0 Å². The van der Waals surface area contributed by atoms with Gasteiger partial charge in [0.15, 0.2) is 0 Å². The summed E-state index contributed by atoms with van der Waals surface area (Å²) in [5.41, 5.74) is 3.04. The Balaban J connectivity index is 2.11. The molecule has 7 heteroatoms. The van der Waals surface area contributed by atoms with Gasteiger partial charge in [0.1, 0.15) is 5.82 Å². The Morgan fingerprint density at radius 2 is 2.00 bits per heavy atom. The number of nitrogens with zero attached hydrogens (tertiary/aromatic N) is 3. The second-order valence-corrected chi connectivity index (χ2v) is 6.91. The van der Waals surface area contributed by atoms with Crippen molar-refractivity contribution in [3.8, 4) is 0 Å². The highest BCUT2D eigenvalue weighted by atomic mass is 79.9. The largest absolute Gasteiger partial charge is 0.339 e. The Hall–Kier alpha value is -1.29. The molecule has 3 aromatic rings. The Bertz CT molecular complexity index is 856. The molecule has 0 fully saturated rings. The van der Waals surface area contributed by atoms with Crippen LogP contribution in [0.25, 0.3) is 10.9 Å². The highest BCUT2D eigenvalue weighted by Gasteiger charge is 2.10. The maximum absolute atomic E-state index is 5.88. The first-order chi connectivity index (χ1) is 10.6. The standard InChI is InChI=1S/C15H13BrClN4P/c1-8-3-4-9-11(19-8)5-6-12(13(9)22-2)20-14-10(16)7-18-15(17)21-14/h3-7,22H,1-2H3,(H,18,20,21). The van der Waals surface area contributed by atoms with Gasteiger partial charge >= 0.3 is 0 Å². The molecule has 22 heavy (non-hydrogen) atoms. The Kier molecular flexibility index (Phi) is 4.57. The van der Waals surface area contributed by atoms with E-state index in [9.17, 15) is 0 Å². The average Bonchev–Trinajstić information content (AvgIpc) is 2.50. The van der Waals surface area contributed by atoms with E-state index in [0.717, 1.165) is 26.8 Å². The number of anilines is 2. The molecule has 1 aromatic carbocycles. The van der Waals surface area contributed by atoms with Crippen LogP contribution in [-0.2, 0) is 0 Å². The topological polar surface area (TPSA) is 50.7 Å². The van der Waals surface area contributed by atoms with Gasteiger partial charge in [-0.2, -0.15) is 4.98 Å². The number of pyridine rings is 1. The molecule has 0 bridgehead atoms. The molecule has 2 heterocycles. The van der Waals surface area contributed by atoms with Gasteiger partial charge in [-0.15, -0.1) is 0 Å². The number of benzene rings is 1. The van der Waals surface area contributed by atoms with Gasteiger partial charge in [0.05, 0.1) is 9.99 Å². The fourth-order valence-corrected chi connectivity index (χ4v) is 3.56. The first-order valence-corrected chi connectivity index (χ1v) is 9.29. The molecule has 4 nitrogen and oxygen atoms in total. The second kappa shape index (κ2) is 6.45. The van der Waals surface area contributed by atoms with Crippen LogP contribution in [0.4, 0.5) is 11.5 Å². The van der Waals surface area contributed by atoms with Gasteiger partial charge in [0.25, 0.3) is 0 Å². The van der Waals surface area contributed by atoms with Crippen LogP contribution in [0.15, 0.2) is 34.9 Å². The number of aryl methyl sites for hydroxylation is 1. The minimum Gasteiger partial charge on any atom is -0.339 e. The molecule has 0 aliphatic heterocycles. The van der Waals surface area contributed by atoms with Crippen molar-refractivity contribution in [1.29, 1.82) is 0 Å². The van der Waals surface area contributed by atoms with Crippen LogP contribution in [-0.4, -0.2) is 21.6 Å². The van der Waals surface area contributed by atoms with Crippen molar-refractivity contribution in [1.82, 2.24) is 15.0 Å². The lowest BCUT2D eigenvalue weighted by Crippen LogP contribution is -2.08. The van der Waals surface area contributed by atoms with Gasteiger partial charge < -0.3 is 5.32 Å². The molecule has 0 aliphatic rings. The molecule has 3 rings (SSSR count). The summed E-state index contributed by atoms with van der Waals surface area (Å²) < 4.78 is 0.768. The molecule has 112 valence electrons. The second-order valence-electron chi connectivity index (χ2n) is 4.72. The van der Waals surface area contributed by atoms with Crippen LogP contribution < -0.4 is 10.6 Å². The Morgan fingerprint density at radius 1 is 1.18 bits per heavy atom. The number of hydrogen-bond donors (Lipinski definition) is 1. The molecular formula is C15H13BrClN4P. The normalized spacial score (nSPS) is 11.5. The van der Waals surface area contributed by atoms with Crippen molar-refractivity contribution in [2.45, 2.75) is 6.92 Å². The molecule has 0 spiro atoms. The van der Waals surface area contributed by atoms with Crippen molar-refractivity contribution in [3.63, 3.8) is 0 Å². The molecule has 0 saturated heterocycles. The van der Waals surface area contributed by atoms with Gasteiger partial charge in [-0.1, -0.05) is 14.6 Å². The lowest BCUT2D eigenvalue weighted by Gasteiger charge is -2.14. The number of aromatic nitrogens is 3.